The molecule has 210 valence electrons. The van der Waals surface area contributed by atoms with Crippen LogP contribution in [0.25, 0.3) is 11.0 Å². The van der Waals surface area contributed by atoms with Crippen molar-refractivity contribution >= 4 is 17.0 Å². The van der Waals surface area contributed by atoms with Gasteiger partial charge in [0, 0.05) is 49.6 Å². The number of esters is 1. The van der Waals surface area contributed by atoms with Crippen molar-refractivity contribution in [1.29, 1.82) is 0 Å². The number of carbonyl (C=O) groups is 1. The van der Waals surface area contributed by atoms with Gasteiger partial charge >= 0.3 is 5.97 Å². The SMILES string of the molecule is CCCCOCCOC(=O)c1ccc(Cn2ccc3c(C4CC5CCC(C4)N5CC(C)(C)O)ccnc32)cc1. The summed E-state index contributed by atoms with van der Waals surface area (Å²) in [5, 5.41) is 11.6. The van der Waals surface area contributed by atoms with E-state index in [1.165, 1.54) is 23.8 Å². The molecule has 1 aromatic carbocycles. The molecule has 0 saturated carbocycles. The van der Waals surface area contributed by atoms with Gasteiger partial charge in [-0.25, -0.2) is 9.78 Å². The van der Waals surface area contributed by atoms with E-state index in [2.05, 4.69) is 34.7 Å². The summed E-state index contributed by atoms with van der Waals surface area (Å²) in [5.74, 6) is 0.199. The second-order valence-corrected chi connectivity index (χ2v) is 11.9. The Bertz CT molecular complexity index is 1230. The number of rotatable bonds is 12. The zero-order chi connectivity index (χ0) is 27.4. The van der Waals surface area contributed by atoms with Crippen LogP contribution in [0.5, 0.6) is 0 Å². The van der Waals surface area contributed by atoms with Gasteiger partial charge in [0.25, 0.3) is 0 Å². The summed E-state index contributed by atoms with van der Waals surface area (Å²) < 4.78 is 13.0. The minimum absolute atomic E-state index is 0.271. The first-order chi connectivity index (χ1) is 18.8. The van der Waals surface area contributed by atoms with Crippen molar-refractivity contribution in [3.63, 3.8) is 0 Å². The van der Waals surface area contributed by atoms with E-state index in [0.29, 0.717) is 43.3 Å². The highest BCUT2D eigenvalue weighted by molar-refractivity contribution is 5.89. The average molecular weight is 534 g/mol. The fraction of sp³-hybridized carbons (Fsp3) is 0.562. The number of unbranched alkanes of at least 4 members (excludes halogenated alkanes) is 1. The molecule has 2 fully saturated rings. The van der Waals surface area contributed by atoms with Gasteiger partial charge in [0.2, 0.25) is 0 Å². The Morgan fingerprint density at radius 3 is 2.49 bits per heavy atom. The largest absolute Gasteiger partial charge is 0.460 e. The normalized spacial score (nSPS) is 21.5. The van der Waals surface area contributed by atoms with Crippen molar-refractivity contribution in [3.05, 3.63) is 65.5 Å². The summed E-state index contributed by atoms with van der Waals surface area (Å²) in [6.07, 6.45) is 10.9. The first-order valence-electron chi connectivity index (χ1n) is 14.6. The minimum atomic E-state index is -0.657. The first kappa shape index (κ1) is 27.8. The second-order valence-electron chi connectivity index (χ2n) is 11.9. The zero-order valence-electron chi connectivity index (χ0n) is 23.6. The van der Waals surface area contributed by atoms with Crippen LogP contribution in [0.1, 0.15) is 86.7 Å². The number of pyridine rings is 1. The molecule has 0 aliphatic carbocycles. The van der Waals surface area contributed by atoms with Gasteiger partial charge in [-0.15, -0.1) is 0 Å². The van der Waals surface area contributed by atoms with E-state index >= 15 is 0 Å². The number of nitrogens with zero attached hydrogens (tertiary/aromatic N) is 3. The molecular weight excluding hydrogens is 490 g/mol. The van der Waals surface area contributed by atoms with Gasteiger partial charge < -0.3 is 19.1 Å². The van der Waals surface area contributed by atoms with Gasteiger partial charge in [-0.05, 0) is 87.3 Å². The first-order valence-corrected chi connectivity index (χ1v) is 14.6. The molecule has 2 aromatic heterocycles. The van der Waals surface area contributed by atoms with Gasteiger partial charge in [-0.2, -0.15) is 0 Å². The van der Waals surface area contributed by atoms with E-state index in [0.717, 1.165) is 43.4 Å². The molecule has 3 aromatic rings. The van der Waals surface area contributed by atoms with Crippen LogP contribution in [0.15, 0.2) is 48.8 Å². The van der Waals surface area contributed by atoms with Crippen LogP contribution in [0, 0.1) is 0 Å². The summed E-state index contributed by atoms with van der Waals surface area (Å²) >= 11 is 0. The predicted molar refractivity (Wildman–Crippen MR) is 153 cm³/mol. The lowest BCUT2D eigenvalue weighted by Crippen LogP contribution is -2.48. The third-order valence-corrected chi connectivity index (χ3v) is 8.24. The van der Waals surface area contributed by atoms with Crippen molar-refractivity contribution in [3.8, 4) is 0 Å². The molecule has 2 aliphatic heterocycles. The summed E-state index contributed by atoms with van der Waals surface area (Å²) in [7, 11) is 0. The maximum atomic E-state index is 12.4. The van der Waals surface area contributed by atoms with Crippen LogP contribution < -0.4 is 0 Å². The van der Waals surface area contributed by atoms with E-state index < -0.39 is 5.60 Å². The lowest BCUT2D eigenvalue weighted by Gasteiger charge is -2.41. The molecule has 7 heteroatoms. The Labute approximate surface area is 232 Å². The van der Waals surface area contributed by atoms with Crippen LogP contribution in [0.3, 0.4) is 0 Å². The molecule has 7 nitrogen and oxygen atoms in total. The number of hydrogen-bond acceptors (Lipinski definition) is 6. The Morgan fingerprint density at radius 2 is 1.79 bits per heavy atom. The van der Waals surface area contributed by atoms with Crippen molar-refractivity contribution in [2.24, 2.45) is 0 Å². The van der Waals surface area contributed by atoms with Crippen LogP contribution in [0.4, 0.5) is 0 Å². The summed E-state index contributed by atoms with van der Waals surface area (Å²) in [6, 6.07) is 13.1. The molecule has 0 amide bonds. The number of aromatic nitrogens is 2. The number of fused-ring (bicyclic) bond motifs is 3. The van der Waals surface area contributed by atoms with Gasteiger partial charge in [0.1, 0.15) is 12.3 Å². The molecule has 1 N–H and O–H groups in total. The number of hydrogen-bond donors (Lipinski definition) is 1. The van der Waals surface area contributed by atoms with Crippen molar-refractivity contribution in [2.75, 3.05) is 26.4 Å². The molecule has 0 spiro atoms. The van der Waals surface area contributed by atoms with Gasteiger partial charge in [0.05, 0.1) is 17.8 Å². The quantitative estimate of drug-likeness (QED) is 0.243. The summed E-state index contributed by atoms with van der Waals surface area (Å²) in [6.45, 7) is 8.80. The van der Waals surface area contributed by atoms with Gasteiger partial charge in [-0.1, -0.05) is 25.5 Å². The highest BCUT2D eigenvalue weighted by atomic mass is 16.6. The topological polar surface area (TPSA) is 76.8 Å². The third-order valence-electron chi connectivity index (χ3n) is 8.24. The van der Waals surface area contributed by atoms with E-state index in [-0.39, 0.29) is 12.6 Å². The number of benzene rings is 1. The average Bonchev–Trinajstić information content (AvgIpc) is 3.40. The fourth-order valence-electron chi connectivity index (χ4n) is 6.40. The molecule has 2 atom stereocenters. The lowest BCUT2D eigenvalue weighted by molar-refractivity contribution is 0.00299. The molecule has 2 saturated heterocycles. The molecule has 2 bridgehead atoms. The van der Waals surface area contributed by atoms with Crippen LogP contribution in [0.2, 0.25) is 0 Å². The lowest BCUT2D eigenvalue weighted by atomic mass is 9.83. The molecule has 0 radical (unpaired) electrons. The van der Waals surface area contributed by atoms with Crippen molar-refractivity contribution in [2.45, 2.75) is 89.4 Å². The predicted octanol–water partition coefficient (Wildman–Crippen LogP) is 5.54. The van der Waals surface area contributed by atoms with Crippen LogP contribution in [-0.2, 0) is 16.0 Å². The Balaban J connectivity index is 1.22. The smallest absolute Gasteiger partial charge is 0.338 e. The molecule has 39 heavy (non-hydrogen) atoms. The Kier molecular flexibility index (Phi) is 8.70. The van der Waals surface area contributed by atoms with E-state index in [1.54, 1.807) is 0 Å². The Morgan fingerprint density at radius 1 is 1.05 bits per heavy atom. The van der Waals surface area contributed by atoms with Gasteiger partial charge in [0.15, 0.2) is 0 Å². The van der Waals surface area contributed by atoms with Crippen LogP contribution in [-0.4, -0.2) is 69.6 Å². The van der Waals surface area contributed by atoms with E-state index in [4.69, 9.17) is 14.5 Å². The zero-order valence-corrected chi connectivity index (χ0v) is 23.6. The number of aliphatic hydroxyl groups is 1. The molecule has 4 heterocycles. The highest BCUT2D eigenvalue weighted by Crippen LogP contribution is 2.45. The summed E-state index contributed by atoms with van der Waals surface area (Å²) in [5.41, 5.74) is 3.41. The molecule has 5 rings (SSSR count). The molecule has 2 aliphatic rings. The maximum Gasteiger partial charge on any atom is 0.338 e. The van der Waals surface area contributed by atoms with Gasteiger partial charge in [-0.3, -0.25) is 4.90 Å². The fourth-order valence-corrected chi connectivity index (χ4v) is 6.40. The Hall–Kier alpha value is -2.74. The molecular formula is C32H43N3O4. The molecule has 2 unspecified atom stereocenters. The van der Waals surface area contributed by atoms with Crippen molar-refractivity contribution in [1.82, 2.24) is 14.5 Å². The monoisotopic (exact) mass is 533 g/mol. The van der Waals surface area contributed by atoms with Crippen molar-refractivity contribution < 1.29 is 19.4 Å². The van der Waals surface area contributed by atoms with E-state index in [1.807, 2.05) is 44.3 Å². The number of carbonyl (C=O) groups excluding carboxylic acids is 1. The number of ether oxygens (including phenoxy) is 2. The standard InChI is InChI=1S/C32H43N3O4/c1-4-5-16-38-17-18-39-31(36)24-8-6-23(7-9-24)21-34-15-13-29-28(12-14-33-30(29)34)25-19-26-10-11-27(20-25)35(26)22-32(2,3)37/h6-9,12-15,25-27,37H,4-5,10-11,16-22H2,1-3H3. The second kappa shape index (κ2) is 12.2. The van der Waals surface area contributed by atoms with E-state index in [9.17, 15) is 9.90 Å². The number of piperidine rings is 1. The highest BCUT2D eigenvalue weighted by Gasteiger charge is 2.42. The summed E-state index contributed by atoms with van der Waals surface area (Å²) in [4.78, 5) is 19.7. The van der Waals surface area contributed by atoms with Crippen LogP contribution >= 0.6 is 0 Å². The minimum Gasteiger partial charge on any atom is -0.460 e. The maximum absolute atomic E-state index is 12.4. The third kappa shape index (κ3) is 6.71.